The van der Waals surface area contributed by atoms with Crippen LogP contribution >= 0.6 is 0 Å². The molecule has 0 saturated carbocycles. The van der Waals surface area contributed by atoms with Gasteiger partial charge in [0.15, 0.2) is 0 Å². The minimum Gasteiger partial charge on any atom is -0.374 e. The number of urea groups is 1. The predicted molar refractivity (Wildman–Crippen MR) is 143 cm³/mol. The van der Waals surface area contributed by atoms with E-state index in [9.17, 15) is 4.79 Å². The van der Waals surface area contributed by atoms with Crippen LogP contribution in [0.15, 0.2) is 85.1 Å². The summed E-state index contributed by atoms with van der Waals surface area (Å²) in [7, 11) is 2.08. The minimum atomic E-state index is -0.297. The van der Waals surface area contributed by atoms with Crippen molar-refractivity contribution in [2.75, 3.05) is 29.1 Å². The summed E-state index contributed by atoms with van der Waals surface area (Å²) in [5, 5.41) is 6.89. The SMILES string of the molecule is CN(CCc1ccccc1)c1ccc(NC(=O)Nc2ccc3c(ccn3CC(C)(C)N)c2)cc1. The summed E-state index contributed by atoms with van der Waals surface area (Å²) in [5.74, 6) is 0. The van der Waals surface area contributed by atoms with Crippen molar-refractivity contribution >= 4 is 34.0 Å². The summed E-state index contributed by atoms with van der Waals surface area (Å²) < 4.78 is 2.14. The van der Waals surface area contributed by atoms with Gasteiger partial charge < -0.3 is 25.8 Å². The van der Waals surface area contributed by atoms with Gasteiger partial charge in [-0.3, -0.25) is 0 Å². The van der Waals surface area contributed by atoms with E-state index in [2.05, 4.69) is 51.4 Å². The molecule has 0 atom stereocenters. The molecule has 34 heavy (non-hydrogen) atoms. The Balaban J connectivity index is 1.32. The number of likely N-dealkylation sites (N-methyl/N-ethyl adjacent to an activating group) is 1. The summed E-state index contributed by atoms with van der Waals surface area (Å²) in [4.78, 5) is 14.7. The second-order valence-electron chi connectivity index (χ2n) is 9.49. The summed E-state index contributed by atoms with van der Waals surface area (Å²) in [6.07, 6.45) is 3.01. The summed E-state index contributed by atoms with van der Waals surface area (Å²) in [6.45, 7) is 5.66. The van der Waals surface area contributed by atoms with E-state index in [4.69, 9.17) is 5.73 Å². The van der Waals surface area contributed by atoms with Gasteiger partial charge in [-0.05, 0) is 74.4 Å². The zero-order valence-electron chi connectivity index (χ0n) is 20.1. The van der Waals surface area contributed by atoms with Crippen molar-refractivity contribution in [1.82, 2.24) is 4.57 Å². The number of carbonyl (C=O) groups is 1. The number of nitrogens with zero attached hydrogens (tertiary/aromatic N) is 2. The standard InChI is InChI=1S/C28H33N5O/c1-28(2,29)20-33-18-16-22-19-24(11-14-26(22)33)31-27(34)30-23-9-12-25(13-10-23)32(3)17-15-21-7-5-4-6-8-21/h4-14,16,18-19H,15,17,20,29H2,1-3H3,(H2,30,31,34). The van der Waals surface area contributed by atoms with Crippen LogP contribution in [0.25, 0.3) is 10.9 Å². The van der Waals surface area contributed by atoms with Crippen LogP contribution in [-0.4, -0.2) is 29.7 Å². The fourth-order valence-corrected chi connectivity index (χ4v) is 4.02. The van der Waals surface area contributed by atoms with Crippen LogP contribution < -0.4 is 21.3 Å². The molecule has 3 aromatic carbocycles. The molecule has 4 rings (SSSR count). The van der Waals surface area contributed by atoms with Gasteiger partial charge in [-0.25, -0.2) is 4.79 Å². The fraction of sp³-hybridized carbons (Fsp3) is 0.250. The number of hydrogen-bond donors (Lipinski definition) is 3. The lowest BCUT2D eigenvalue weighted by Gasteiger charge is -2.20. The highest BCUT2D eigenvalue weighted by Gasteiger charge is 2.13. The molecule has 6 nitrogen and oxygen atoms in total. The lowest BCUT2D eigenvalue weighted by atomic mass is 10.1. The molecule has 6 heteroatoms. The van der Waals surface area contributed by atoms with Crippen molar-refractivity contribution in [3.05, 3.63) is 90.6 Å². The quantitative estimate of drug-likeness (QED) is 0.319. The van der Waals surface area contributed by atoms with Crippen molar-refractivity contribution < 1.29 is 4.79 Å². The third-order valence-corrected chi connectivity index (χ3v) is 5.75. The molecule has 0 saturated heterocycles. The zero-order valence-corrected chi connectivity index (χ0v) is 20.1. The van der Waals surface area contributed by atoms with Gasteiger partial charge in [0.05, 0.1) is 0 Å². The molecule has 1 heterocycles. The Kier molecular flexibility index (Phi) is 6.89. The maximum Gasteiger partial charge on any atom is 0.323 e. The van der Waals surface area contributed by atoms with Gasteiger partial charge in [-0.1, -0.05) is 30.3 Å². The van der Waals surface area contributed by atoms with E-state index >= 15 is 0 Å². The topological polar surface area (TPSA) is 75.3 Å². The molecule has 0 spiro atoms. The first-order valence-corrected chi connectivity index (χ1v) is 11.6. The fourth-order valence-electron chi connectivity index (χ4n) is 4.02. The van der Waals surface area contributed by atoms with Crippen LogP contribution in [0.4, 0.5) is 21.9 Å². The van der Waals surface area contributed by atoms with Crippen molar-refractivity contribution in [3.8, 4) is 0 Å². The third-order valence-electron chi connectivity index (χ3n) is 5.75. The number of carbonyl (C=O) groups excluding carboxylic acids is 1. The Morgan fingerprint density at radius 3 is 2.32 bits per heavy atom. The molecular formula is C28H33N5O. The highest BCUT2D eigenvalue weighted by atomic mass is 16.2. The van der Waals surface area contributed by atoms with Gasteiger partial charge in [0.25, 0.3) is 0 Å². The largest absolute Gasteiger partial charge is 0.374 e. The third kappa shape index (κ3) is 6.17. The van der Waals surface area contributed by atoms with Crippen LogP contribution in [-0.2, 0) is 13.0 Å². The first kappa shape index (κ1) is 23.4. The van der Waals surface area contributed by atoms with Crippen LogP contribution in [0.2, 0.25) is 0 Å². The second kappa shape index (κ2) is 10.0. The Morgan fingerprint density at radius 2 is 1.62 bits per heavy atom. The Bertz CT molecular complexity index is 1240. The lowest BCUT2D eigenvalue weighted by molar-refractivity contribution is 0.262. The first-order chi connectivity index (χ1) is 16.3. The number of aromatic nitrogens is 1. The van der Waals surface area contributed by atoms with E-state index in [1.165, 1.54) is 5.56 Å². The van der Waals surface area contributed by atoms with Gasteiger partial charge in [0.2, 0.25) is 0 Å². The molecule has 4 aromatic rings. The smallest absolute Gasteiger partial charge is 0.323 e. The molecule has 2 amide bonds. The molecule has 0 radical (unpaired) electrons. The van der Waals surface area contributed by atoms with Crippen molar-refractivity contribution in [1.29, 1.82) is 0 Å². The number of benzene rings is 3. The minimum absolute atomic E-state index is 0.271. The Hall–Kier alpha value is -3.77. The number of anilines is 3. The number of amides is 2. The molecular weight excluding hydrogens is 422 g/mol. The average molecular weight is 456 g/mol. The molecule has 4 N–H and O–H groups in total. The van der Waals surface area contributed by atoms with E-state index in [-0.39, 0.29) is 11.6 Å². The predicted octanol–water partition coefficient (Wildman–Crippen LogP) is 5.70. The molecule has 0 bridgehead atoms. The first-order valence-electron chi connectivity index (χ1n) is 11.6. The van der Waals surface area contributed by atoms with Crippen LogP contribution in [0.1, 0.15) is 19.4 Å². The van der Waals surface area contributed by atoms with Gasteiger partial charge in [0.1, 0.15) is 0 Å². The zero-order chi connectivity index (χ0) is 24.1. The van der Waals surface area contributed by atoms with Crippen molar-refractivity contribution in [2.24, 2.45) is 5.73 Å². The molecule has 176 valence electrons. The maximum absolute atomic E-state index is 12.5. The monoisotopic (exact) mass is 455 g/mol. The second-order valence-corrected chi connectivity index (χ2v) is 9.49. The number of fused-ring (bicyclic) bond motifs is 1. The van der Waals surface area contributed by atoms with E-state index in [1.54, 1.807) is 0 Å². The highest BCUT2D eigenvalue weighted by Crippen LogP contribution is 2.23. The molecule has 0 aliphatic carbocycles. The van der Waals surface area contributed by atoms with Crippen molar-refractivity contribution in [2.45, 2.75) is 32.4 Å². The number of rotatable bonds is 8. The molecule has 0 aliphatic rings. The molecule has 0 unspecified atom stereocenters. The van der Waals surface area contributed by atoms with Crippen LogP contribution in [0.5, 0.6) is 0 Å². The van der Waals surface area contributed by atoms with Crippen LogP contribution in [0, 0.1) is 0 Å². The normalized spacial score (nSPS) is 11.4. The summed E-state index contributed by atoms with van der Waals surface area (Å²) in [6, 6.07) is 26.0. The summed E-state index contributed by atoms with van der Waals surface area (Å²) in [5.41, 5.74) is 10.9. The Labute approximate surface area is 201 Å². The van der Waals surface area contributed by atoms with E-state index in [0.717, 1.165) is 47.5 Å². The van der Waals surface area contributed by atoms with E-state index in [0.29, 0.717) is 0 Å². The van der Waals surface area contributed by atoms with Gasteiger partial charge in [0, 0.05) is 59.8 Å². The van der Waals surface area contributed by atoms with Gasteiger partial charge in [-0.15, -0.1) is 0 Å². The molecule has 0 aliphatic heterocycles. The molecule has 1 aromatic heterocycles. The number of nitrogens with two attached hydrogens (primary N) is 1. The van der Waals surface area contributed by atoms with Gasteiger partial charge in [-0.2, -0.15) is 0 Å². The number of hydrogen-bond acceptors (Lipinski definition) is 3. The summed E-state index contributed by atoms with van der Waals surface area (Å²) >= 11 is 0. The Morgan fingerprint density at radius 1 is 0.941 bits per heavy atom. The van der Waals surface area contributed by atoms with Crippen LogP contribution in [0.3, 0.4) is 0 Å². The molecule has 0 fully saturated rings. The maximum atomic E-state index is 12.5. The van der Waals surface area contributed by atoms with Crippen molar-refractivity contribution in [3.63, 3.8) is 0 Å². The van der Waals surface area contributed by atoms with E-state index in [1.807, 2.05) is 74.6 Å². The highest BCUT2D eigenvalue weighted by molar-refractivity contribution is 6.01. The van der Waals surface area contributed by atoms with Gasteiger partial charge >= 0.3 is 6.03 Å². The number of nitrogens with one attached hydrogen (secondary N) is 2. The van der Waals surface area contributed by atoms with E-state index < -0.39 is 0 Å². The average Bonchev–Trinajstić information content (AvgIpc) is 3.19. The lowest BCUT2D eigenvalue weighted by Crippen LogP contribution is -2.36.